The van der Waals surface area contributed by atoms with Crippen molar-refractivity contribution in [1.29, 1.82) is 0 Å². The monoisotopic (exact) mass is 507 g/mol. The van der Waals surface area contributed by atoms with Gasteiger partial charge in [-0.2, -0.15) is 9.30 Å². The van der Waals surface area contributed by atoms with Crippen LogP contribution in [0.1, 0.15) is 37.0 Å². The highest BCUT2D eigenvalue weighted by atomic mass is 32.2. The van der Waals surface area contributed by atoms with Gasteiger partial charge in [0.25, 0.3) is 5.91 Å². The van der Waals surface area contributed by atoms with Gasteiger partial charge in [-0.3, -0.25) is 9.59 Å². The molecule has 0 unspecified atom stereocenters. The molecule has 2 aromatic carbocycles. The number of sulfonamides is 1. The Labute approximate surface area is 201 Å². The van der Waals surface area contributed by atoms with E-state index in [1.807, 2.05) is 6.92 Å². The normalized spacial score (nSPS) is 12.4. The third-order valence-electron chi connectivity index (χ3n) is 5.21. The molecule has 0 bridgehead atoms. The van der Waals surface area contributed by atoms with Gasteiger partial charge in [-0.25, -0.2) is 12.8 Å². The molecule has 182 valence electrons. The Morgan fingerprint density at radius 3 is 2.47 bits per heavy atom. The molecule has 34 heavy (non-hydrogen) atoms. The van der Waals surface area contributed by atoms with Gasteiger partial charge in [0.05, 0.1) is 22.2 Å². The van der Waals surface area contributed by atoms with Crippen molar-refractivity contribution in [2.24, 2.45) is 4.99 Å². The summed E-state index contributed by atoms with van der Waals surface area (Å²) in [6, 6.07) is 9.65. The number of hydrogen-bond acceptors (Lipinski definition) is 6. The first-order valence-electron chi connectivity index (χ1n) is 10.8. The molecule has 0 spiro atoms. The summed E-state index contributed by atoms with van der Waals surface area (Å²) in [5.74, 6) is -1.61. The van der Waals surface area contributed by atoms with Crippen molar-refractivity contribution in [3.63, 3.8) is 0 Å². The Hall–Kier alpha value is -2.89. The molecule has 1 amide bonds. The maximum atomic E-state index is 13.7. The summed E-state index contributed by atoms with van der Waals surface area (Å²) in [6.07, 6.45) is 1.63. The number of aromatic nitrogens is 1. The van der Waals surface area contributed by atoms with Crippen molar-refractivity contribution in [1.82, 2.24) is 8.87 Å². The minimum Gasteiger partial charge on any atom is -0.468 e. The molecule has 0 saturated heterocycles. The van der Waals surface area contributed by atoms with E-state index < -0.39 is 27.7 Å². The molecule has 0 atom stereocenters. The van der Waals surface area contributed by atoms with Gasteiger partial charge in [0.15, 0.2) is 4.80 Å². The number of halogens is 1. The molecule has 0 N–H and O–H groups in total. The number of nitrogens with zero attached hydrogens (tertiary/aromatic N) is 3. The highest BCUT2D eigenvalue weighted by molar-refractivity contribution is 7.89. The van der Waals surface area contributed by atoms with Crippen molar-refractivity contribution in [2.75, 3.05) is 20.2 Å². The first-order valence-corrected chi connectivity index (χ1v) is 13.0. The first kappa shape index (κ1) is 25.7. The highest BCUT2D eigenvalue weighted by Crippen LogP contribution is 2.20. The summed E-state index contributed by atoms with van der Waals surface area (Å²) >= 11 is 1.06. The minimum atomic E-state index is -3.67. The lowest BCUT2D eigenvalue weighted by Gasteiger charge is -2.20. The lowest BCUT2D eigenvalue weighted by atomic mass is 10.2. The van der Waals surface area contributed by atoms with Crippen LogP contribution >= 0.6 is 11.3 Å². The van der Waals surface area contributed by atoms with Crippen LogP contribution in [0.15, 0.2) is 52.4 Å². The standard InChI is InChI=1S/C23H26FN3O5S2/c1-4-6-13-26(5-2)34(30,31)18-10-7-16(8-11-18)22(29)25-23-27(15-21(28)32-3)19-12-9-17(24)14-20(19)33-23/h7-12,14H,4-6,13,15H2,1-3H3. The van der Waals surface area contributed by atoms with E-state index in [0.29, 0.717) is 23.3 Å². The van der Waals surface area contributed by atoms with Crippen LogP contribution in [0.5, 0.6) is 0 Å². The molecule has 0 aliphatic heterocycles. The van der Waals surface area contributed by atoms with E-state index >= 15 is 0 Å². The number of carbonyl (C=O) groups excluding carboxylic acids is 2. The molecule has 11 heteroatoms. The van der Waals surface area contributed by atoms with E-state index in [-0.39, 0.29) is 21.8 Å². The number of unbranched alkanes of at least 4 members (excludes halogenated alkanes) is 1. The van der Waals surface area contributed by atoms with E-state index in [4.69, 9.17) is 4.74 Å². The summed E-state index contributed by atoms with van der Waals surface area (Å²) in [7, 11) is -2.42. The Morgan fingerprint density at radius 1 is 1.15 bits per heavy atom. The summed E-state index contributed by atoms with van der Waals surface area (Å²) in [6.45, 7) is 4.36. The van der Waals surface area contributed by atoms with Crippen LogP contribution in [0.2, 0.25) is 0 Å². The van der Waals surface area contributed by atoms with E-state index in [2.05, 4.69) is 4.99 Å². The number of amides is 1. The van der Waals surface area contributed by atoms with Crippen molar-refractivity contribution < 1.29 is 27.1 Å². The molecule has 0 fully saturated rings. The van der Waals surface area contributed by atoms with E-state index in [9.17, 15) is 22.4 Å². The number of methoxy groups -OCH3 is 1. The van der Waals surface area contributed by atoms with Crippen LogP contribution in [0.25, 0.3) is 10.2 Å². The number of carbonyl (C=O) groups is 2. The summed E-state index contributed by atoms with van der Waals surface area (Å²) in [5, 5.41) is 0. The first-order chi connectivity index (χ1) is 16.2. The largest absolute Gasteiger partial charge is 0.468 e. The highest BCUT2D eigenvalue weighted by Gasteiger charge is 2.23. The molecular weight excluding hydrogens is 481 g/mol. The predicted octanol–water partition coefficient (Wildman–Crippen LogP) is 3.57. The second-order valence-corrected chi connectivity index (χ2v) is 10.4. The average molecular weight is 508 g/mol. The van der Waals surface area contributed by atoms with Gasteiger partial charge in [0, 0.05) is 18.7 Å². The quantitative estimate of drug-likeness (QED) is 0.413. The van der Waals surface area contributed by atoms with E-state index in [1.165, 1.54) is 58.4 Å². The zero-order valence-electron chi connectivity index (χ0n) is 19.2. The zero-order valence-corrected chi connectivity index (χ0v) is 20.8. The lowest BCUT2D eigenvalue weighted by Crippen LogP contribution is -2.31. The Morgan fingerprint density at radius 2 is 1.85 bits per heavy atom. The second-order valence-electron chi connectivity index (χ2n) is 7.45. The van der Waals surface area contributed by atoms with Crippen molar-refractivity contribution in [2.45, 2.75) is 38.1 Å². The van der Waals surface area contributed by atoms with Gasteiger partial charge < -0.3 is 9.30 Å². The van der Waals surface area contributed by atoms with Crippen molar-refractivity contribution in [3.8, 4) is 0 Å². The Balaban J connectivity index is 1.96. The molecular formula is C23H26FN3O5S2. The van der Waals surface area contributed by atoms with E-state index in [0.717, 1.165) is 24.2 Å². The lowest BCUT2D eigenvalue weighted by molar-refractivity contribution is -0.141. The van der Waals surface area contributed by atoms with Crippen molar-refractivity contribution >= 4 is 43.5 Å². The SMILES string of the molecule is CCCCN(CC)S(=O)(=O)c1ccc(C(=O)N=c2sc3cc(F)ccc3n2CC(=O)OC)cc1. The Bertz CT molecular complexity index is 1360. The molecule has 3 rings (SSSR count). The molecule has 0 radical (unpaired) electrons. The summed E-state index contributed by atoms with van der Waals surface area (Å²) in [5.41, 5.74) is 0.723. The molecule has 0 aliphatic rings. The fraction of sp³-hybridized carbons (Fsp3) is 0.348. The van der Waals surface area contributed by atoms with Crippen LogP contribution in [0.4, 0.5) is 4.39 Å². The number of fused-ring (bicyclic) bond motifs is 1. The molecule has 3 aromatic rings. The maximum absolute atomic E-state index is 13.7. The fourth-order valence-corrected chi connectivity index (χ4v) is 5.87. The predicted molar refractivity (Wildman–Crippen MR) is 127 cm³/mol. The number of thiazole rings is 1. The van der Waals surface area contributed by atoms with Gasteiger partial charge in [-0.15, -0.1) is 0 Å². The third kappa shape index (κ3) is 5.60. The van der Waals surface area contributed by atoms with Crippen LogP contribution in [-0.4, -0.2) is 49.4 Å². The third-order valence-corrected chi connectivity index (χ3v) is 8.24. The molecule has 1 heterocycles. The number of esters is 1. The number of rotatable bonds is 9. The molecule has 1 aromatic heterocycles. The van der Waals surface area contributed by atoms with Gasteiger partial charge in [0.1, 0.15) is 12.4 Å². The van der Waals surface area contributed by atoms with Gasteiger partial charge in [-0.1, -0.05) is 31.6 Å². The van der Waals surface area contributed by atoms with Crippen LogP contribution in [0.3, 0.4) is 0 Å². The second kappa shape index (κ2) is 11.0. The Kier molecular flexibility index (Phi) is 8.34. The van der Waals surface area contributed by atoms with Crippen LogP contribution in [-0.2, 0) is 26.1 Å². The zero-order chi connectivity index (χ0) is 24.9. The van der Waals surface area contributed by atoms with Gasteiger partial charge >= 0.3 is 5.97 Å². The number of hydrogen-bond donors (Lipinski definition) is 0. The van der Waals surface area contributed by atoms with Crippen LogP contribution < -0.4 is 4.80 Å². The summed E-state index contributed by atoms with van der Waals surface area (Å²) in [4.78, 5) is 29.1. The number of benzene rings is 2. The molecule has 0 aliphatic carbocycles. The molecule has 0 saturated carbocycles. The smallest absolute Gasteiger partial charge is 0.325 e. The van der Waals surface area contributed by atoms with Crippen molar-refractivity contribution in [3.05, 3.63) is 58.6 Å². The van der Waals surface area contributed by atoms with Crippen LogP contribution in [0, 0.1) is 5.82 Å². The average Bonchev–Trinajstić information content (AvgIpc) is 3.14. The van der Waals surface area contributed by atoms with Gasteiger partial charge in [0.2, 0.25) is 10.0 Å². The van der Waals surface area contributed by atoms with E-state index in [1.54, 1.807) is 6.92 Å². The topological polar surface area (TPSA) is 98.0 Å². The fourth-order valence-electron chi connectivity index (χ4n) is 3.33. The maximum Gasteiger partial charge on any atom is 0.325 e. The molecule has 8 nitrogen and oxygen atoms in total. The number of ether oxygens (including phenoxy) is 1. The minimum absolute atomic E-state index is 0.0973. The summed E-state index contributed by atoms with van der Waals surface area (Å²) < 4.78 is 47.6. The van der Waals surface area contributed by atoms with Gasteiger partial charge in [-0.05, 0) is 48.9 Å².